The van der Waals surface area contributed by atoms with E-state index in [-0.39, 0.29) is 5.91 Å². The number of halogens is 1. The number of hydrogen-bond donors (Lipinski definition) is 4. The number of aryl methyl sites for hydroxylation is 1. The molecule has 3 heterocycles. The van der Waals surface area contributed by atoms with Gasteiger partial charge in [-0.1, -0.05) is 24.3 Å². The molecule has 0 aliphatic carbocycles. The average molecular weight is 608 g/mol. The maximum Gasteiger partial charge on any atom is 0.234 e. The number of fused-ring (bicyclic) bond motifs is 1. The van der Waals surface area contributed by atoms with Crippen LogP contribution in [-0.4, -0.2) is 51.1 Å². The van der Waals surface area contributed by atoms with Crippen LogP contribution in [0.4, 0.5) is 23.1 Å². The Kier molecular flexibility index (Phi) is 7.92. The highest BCUT2D eigenvalue weighted by molar-refractivity contribution is 9.10. The molecule has 2 aromatic carbocycles. The van der Waals surface area contributed by atoms with Gasteiger partial charge in [0.1, 0.15) is 5.82 Å². The largest absolute Gasteiger partial charge is 0.389 e. The van der Waals surface area contributed by atoms with Crippen molar-refractivity contribution in [2.75, 3.05) is 35.6 Å². The zero-order valence-electron chi connectivity index (χ0n) is 23.9. The second-order valence-corrected chi connectivity index (χ2v) is 13.1. The van der Waals surface area contributed by atoms with Gasteiger partial charge in [0, 0.05) is 37.2 Å². The molecule has 0 radical (unpaired) electrons. The molecule has 1 aromatic heterocycles. The number of aliphatic hydroxyl groups is 1. The number of anilines is 4. The first-order valence-corrected chi connectivity index (χ1v) is 14.7. The summed E-state index contributed by atoms with van der Waals surface area (Å²) in [4.78, 5) is 24.1. The molecule has 0 unspecified atom stereocenters. The minimum absolute atomic E-state index is 0.0148. The molecular weight excluding hydrogens is 568 g/mol. The number of amides is 1. The number of carbonyl (C=O) groups is 1. The number of nitrogens with zero attached hydrogens (tertiary/aromatic N) is 3. The Morgan fingerprint density at radius 2 is 2.05 bits per heavy atom. The third kappa shape index (κ3) is 6.16. The molecule has 2 aliphatic rings. The van der Waals surface area contributed by atoms with Gasteiger partial charge in [0.2, 0.25) is 11.9 Å². The van der Waals surface area contributed by atoms with Crippen LogP contribution in [0.2, 0.25) is 0 Å². The van der Waals surface area contributed by atoms with E-state index >= 15 is 0 Å². The minimum atomic E-state index is -0.683. The molecule has 40 heavy (non-hydrogen) atoms. The van der Waals surface area contributed by atoms with E-state index in [4.69, 9.17) is 4.98 Å². The molecule has 1 amide bonds. The lowest BCUT2D eigenvalue weighted by Crippen LogP contribution is -2.43. The molecule has 0 saturated carbocycles. The fourth-order valence-corrected chi connectivity index (χ4v) is 6.26. The summed E-state index contributed by atoms with van der Waals surface area (Å²) in [6.45, 7) is 13.0. The van der Waals surface area contributed by atoms with Crippen LogP contribution in [0, 0.1) is 6.92 Å². The first kappa shape index (κ1) is 28.5. The number of aromatic nitrogens is 2. The summed E-state index contributed by atoms with van der Waals surface area (Å²) in [5.74, 6) is 1.65. The molecule has 1 fully saturated rings. The van der Waals surface area contributed by atoms with Crippen molar-refractivity contribution in [3.63, 3.8) is 0 Å². The summed E-state index contributed by atoms with van der Waals surface area (Å²) >= 11 is 3.57. The van der Waals surface area contributed by atoms with Crippen LogP contribution in [0.1, 0.15) is 68.7 Å². The van der Waals surface area contributed by atoms with Crippen LogP contribution in [0.3, 0.4) is 0 Å². The molecule has 1 atom stereocenters. The average Bonchev–Trinajstić information content (AvgIpc) is 3.13. The third-order valence-corrected chi connectivity index (χ3v) is 8.45. The molecule has 8 nitrogen and oxygen atoms in total. The van der Waals surface area contributed by atoms with Crippen LogP contribution in [0.5, 0.6) is 0 Å². The number of β-amino-alcohol motifs (C(OH)–C–C–N with tert-alkyl or cyclic N) is 1. The van der Waals surface area contributed by atoms with Gasteiger partial charge in [-0.2, -0.15) is 4.98 Å². The van der Waals surface area contributed by atoms with Crippen molar-refractivity contribution in [1.82, 2.24) is 14.9 Å². The number of benzene rings is 2. The minimum Gasteiger partial charge on any atom is -0.389 e. The Morgan fingerprint density at radius 1 is 1.25 bits per heavy atom. The van der Waals surface area contributed by atoms with Gasteiger partial charge in [-0.3, -0.25) is 9.69 Å². The van der Waals surface area contributed by atoms with Crippen molar-refractivity contribution in [3.05, 3.63) is 69.3 Å². The fourth-order valence-electron chi connectivity index (χ4n) is 5.93. The van der Waals surface area contributed by atoms with E-state index in [1.807, 2.05) is 45.9 Å². The van der Waals surface area contributed by atoms with Gasteiger partial charge < -0.3 is 21.1 Å². The SMILES string of the molecule is Cc1cc([C@@H]2CCCN(CC(C)(C)O)C2)ccc1Nc1ncc(Br)c(NCc2cccc3c2C(C)(C)C(=O)N3)n1. The Morgan fingerprint density at radius 3 is 2.80 bits per heavy atom. The van der Waals surface area contributed by atoms with Crippen molar-refractivity contribution >= 4 is 45.0 Å². The summed E-state index contributed by atoms with van der Waals surface area (Å²) in [5.41, 5.74) is 5.11. The number of rotatable bonds is 8. The van der Waals surface area contributed by atoms with Crippen LogP contribution in [-0.2, 0) is 16.8 Å². The summed E-state index contributed by atoms with van der Waals surface area (Å²) < 4.78 is 0.763. The highest BCUT2D eigenvalue weighted by atomic mass is 79.9. The molecule has 1 saturated heterocycles. The van der Waals surface area contributed by atoms with Crippen LogP contribution in [0.25, 0.3) is 0 Å². The first-order valence-electron chi connectivity index (χ1n) is 13.9. The van der Waals surface area contributed by atoms with Gasteiger partial charge in [0.05, 0.1) is 15.5 Å². The molecule has 4 N–H and O–H groups in total. The molecule has 0 spiro atoms. The summed E-state index contributed by atoms with van der Waals surface area (Å²) in [7, 11) is 0. The molecule has 9 heteroatoms. The summed E-state index contributed by atoms with van der Waals surface area (Å²) in [6, 6.07) is 12.5. The van der Waals surface area contributed by atoms with E-state index in [9.17, 15) is 9.90 Å². The predicted octanol–water partition coefficient (Wildman–Crippen LogP) is 6.08. The second kappa shape index (κ2) is 11.1. The zero-order chi connectivity index (χ0) is 28.7. The molecule has 212 valence electrons. The predicted molar refractivity (Wildman–Crippen MR) is 164 cm³/mol. The van der Waals surface area contributed by atoms with Crippen LogP contribution < -0.4 is 16.0 Å². The van der Waals surface area contributed by atoms with E-state index in [0.29, 0.717) is 30.8 Å². The Hall–Kier alpha value is -3.01. The standard InChI is InChI=1S/C31H39BrN6O2/c1-19-14-20(22-9-7-13-38(17-22)18-30(2,3)40)11-12-24(19)36-29-34-16-23(32)27(37-29)33-15-21-8-6-10-25-26(21)31(4,5)28(39)35-25/h6,8,10-12,14,16,22,40H,7,9,13,15,17-18H2,1-5H3,(H,35,39)(H2,33,34,36,37)/t22-/m1/s1. The van der Waals surface area contributed by atoms with E-state index in [0.717, 1.165) is 58.5 Å². The van der Waals surface area contributed by atoms with Gasteiger partial charge in [-0.25, -0.2) is 4.98 Å². The van der Waals surface area contributed by atoms with Gasteiger partial charge in [-0.15, -0.1) is 0 Å². The molecule has 3 aromatic rings. The van der Waals surface area contributed by atoms with Crippen molar-refractivity contribution in [3.8, 4) is 0 Å². The lowest BCUT2D eigenvalue weighted by molar-refractivity contribution is -0.119. The zero-order valence-corrected chi connectivity index (χ0v) is 25.5. The Bertz CT molecular complexity index is 1420. The normalized spacial score (nSPS) is 18.8. The second-order valence-electron chi connectivity index (χ2n) is 12.2. The van der Waals surface area contributed by atoms with Gasteiger partial charge >= 0.3 is 0 Å². The molecule has 2 aliphatic heterocycles. The summed E-state index contributed by atoms with van der Waals surface area (Å²) in [6.07, 6.45) is 4.04. The number of likely N-dealkylation sites (tertiary alicyclic amines) is 1. The van der Waals surface area contributed by atoms with E-state index in [1.54, 1.807) is 6.20 Å². The van der Waals surface area contributed by atoms with Gasteiger partial charge in [0.25, 0.3) is 0 Å². The number of nitrogens with one attached hydrogen (secondary N) is 3. The lowest BCUT2D eigenvalue weighted by atomic mass is 9.83. The molecule has 0 bridgehead atoms. The number of piperidine rings is 1. The molecule has 5 rings (SSSR count). The van der Waals surface area contributed by atoms with Gasteiger partial charge in [-0.05, 0) is 110 Å². The Balaban J connectivity index is 1.28. The smallest absolute Gasteiger partial charge is 0.234 e. The maximum atomic E-state index is 12.5. The number of hydrogen-bond acceptors (Lipinski definition) is 7. The van der Waals surface area contributed by atoms with E-state index in [2.05, 4.69) is 66.9 Å². The van der Waals surface area contributed by atoms with Crippen molar-refractivity contribution in [2.24, 2.45) is 0 Å². The Labute approximate surface area is 245 Å². The fraction of sp³-hybridized carbons (Fsp3) is 0.452. The van der Waals surface area contributed by atoms with Crippen molar-refractivity contribution < 1.29 is 9.90 Å². The first-order chi connectivity index (χ1) is 18.9. The van der Waals surface area contributed by atoms with Crippen LogP contribution >= 0.6 is 15.9 Å². The van der Waals surface area contributed by atoms with Crippen LogP contribution in [0.15, 0.2) is 47.1 Å². The molecular formula is C31H39BrN6O2. The van der Waals surface area contributed by atoms with E-state index < -0.39 is 11.0 Å². The highest BCUT2D eigenvalue weighted by Crippen LogP contribution is 2.40. The van der Waals surface area contributed by atoms with E-state index in [1.165, 1.54) is 5.56 Å². The van der Waals surface area contributed by atoms with Crippen molar-refractivity contribution in [1.29, 1.82) is 0 Å². The number of carbonyl (C=O) groups excluding carboxylic acids is 1. The monoisotopic (exact) mass is 606 g/mol. The third-order valence-electron chi connectivity index (χ3n) is 7.87. The maximum absolute atomic E-state index is 12.5. The quantitative estimate of drug-likeness (QED) is 0.246. The van der Waals surface area contributed by atoms with Crippen molar-refractivity contribution in [2.45, 2.75) is 70.9 Å². The summed E-state index contributed by atoms with van der Waals surface area (Å²) in [5, 5.41) is 20.1. The topological polar surface area (TPSA) is 102 Å². The lowest BCUT2D eigenvalue weighted by Gasteiger charge is -2.36. The highest BCUT2D eigenvalue weighted by Gasteiger charge is 2.39. The van der Waals surface area contributed by atoms with Gasteiger partial charge in [0.15, 0.2) is 0 Å².